The van der Waals surface area contributed by atoms with E-state index < -0.39 is 0 Å². The molecule has 0 unspecified atom stereocenters. The Balaban J connectivity index is 2.30. The highest BCUT2D eigenvalue weighted by Crippen LogP contribution is 2.19. The van der Waals surface area contributed by atoms with Gasteiger partial charge in [-0.25, -0.2) is 0 Å². The number of aromatic nitrogens is 2. The van der Waals surface area contributed by atoms with Gasteiger partial charge in [0.05, 0.1) is 19.4 Å². The minimum atomic E-state index is -0.144. The standard InChI is InChI=1S/C7H8N2O2/c10-7-2-8-1-6(9-7)5-3-11-4-5/h1-2,5H,3-4H2,(H,9,10). The van der Waals surface area contributed by atoms with Gasteiger partial charge in [-0.15, -0.1) is 0 Å². The lowest BCUT2D eigenvalue weighted by atomic mass is 10.1. The van der Waals surface area contributed by atoms with E-state index in [1.165, 1.54) is 6.20 Å². The lowest BCUT2D eigenvalue weighted by Gasteiger charge is -2.25. The van der Waals surface area contributed by atoms with Gasteiger partial charge in [0, 0.05) is 17.8 Å². The Kier molecular flexibility index (Phi) is 1.47. The molecule has 0 spiro atoms. The van der Waals surface area contributed by atoms with Gasteiger partial charge in [-0.05, 0) is 0 Å². The van der Waals surface area contributed by atoms with Gasteiger partial charge in [-0.1, -0.05) is 0 Å². The van der Waals surface area contributed by atoms with E-state index >= 15 is 0 Å². The number of hydrogen-bond acceptors (Lipinski definition) is 3. The molecule has 1 aliphatic rings. The third-order valence-electron chi connectivity index (χ3n) is 1.75. The van der Waals surface area contributed by atoms with Crippen molar-refractivity contribution in [3.05, 3.63) is 28.4 Å². The van der Waals surface area contributed by atoms with E-state index in [2.05, 4.69) is 9.97 Å². The fourth-order valence-corrected chi connectivity index (χ4v) is 1.01. The smallest absolute Gasteiger partial charge is 0.266 e. The summed E-state index contributed by atoms with van der Waals surface area (Å²) in [5, 5.41) is 0. The van der Waals surface area contributed by atoms with Gasteiger partial charge in [0.2, 0.25) is 0 Å². The average Bonchev–Trinajstić information content (AvgIpc) is 1.83. The zero-order chi connectivity index (χ0) is 7.68. The van der Waals surface area contributed by atoms with Crippen LogP contribution < -0.4 is 5.56 Å². The van der Waals surface area contributed by atoms with E-state index in [1.54, 1.807) is 6.20 Å². The molecule has 1 saturated heterocycles. The first-order chi connectivity index (χ1) is 5.36. The number of hydrogen-bond donors (Lipinski definition) is 1. The second kappa shape index (κ2) is 2.47. The number of nitrogens with one attached hydrogen (secondary N) is 1. The second-order valence-corrected chi connectivity index (χ2v) is 2.59. The Hall–Kier alpha value is -1.16. The Labute approximate surface area is 63.2 Å². The van der Waals surface area contributed by atoms with Crippen molar-refractivity contribution in [1.82, 2.24) is 9.97 Å². The van der Waals surface area contributed by atoms with Crippen molar-refractivity contribution in [2.45, 2.75) is 5.92 Å². The van der Waals surface area contributed by atoms with Gasteiger partial charge < -0.3 is 9.72 Å². The molecule has 0 amide bonds. The maximum atomic E-state index is 10.8. The highest BCUT2D eigenvalue weighted by molar-refractivity contribution is 5.05. The molecule has 0 aromatic carbocycles. The molecular formula is C7H8N2O2. The van der Waals surface area contributed by atoms with Crippen molar-refractivity contribution in [3.63, 3.8) is 0 Å². The molecule has 0 radical (unpaired) electrons. The molecule has 4 heteroatoms. The van der Waals surface area contributed by atoms with Gasteiger partial charge in [0.1, 0.15) is 0 Å². The summed E-state index contributed by atoms with van der Waals surface area (Å²) in [6, 6.07) is 0. The van der Waals surface area contributed by atoms with E-state index in [4.69, 9.17) is 4.74 Å². The van der Waals surface area contributed by atoms with Crippen LogP contribution in [0.3, 0.4) is 0 Å². The summed E-state index contributed by atoms with van der Waals surface area (Å²) >= 11 is 0. The molecule has 0 aliphatic carbocycles. The molecule has 1 N–H and O–H groups in total. The van der Waals surface area contributed by atoms with Crippen LogP contribution in [-0.4, -0.2) is 23.2 Å². The molecule has 1 aromatic rings. The first kappa shape index (κ1) is 6.54. The molecule has 2 heterocycles. The molecule has 0 saturated carbocycles. The van der Waals surface area contributed by atoms with E-state index in [0.717, 1.165) is 5.69 Å². The Morgan fingerprint density at radius 3 is 2.91 bits per heavy atom. The van der Waals surface area contributed by atoms with Gasteiger partial charge >= 0.3 is 0 Å². The zero-order valence-electron chi connectivity index (χ0n) is 5.91. The monoisotopic (exact) mass is 152 g/mol. The first-order valence-corrected chi connectivity index (χ1v) is 3.48. The van der Waals surface area contributed by atoms with Crippen molar-refractivity contribution < 1.29 is 4.74 Å². The maximum absolute atomic E-state index is 10.8. The van der Waals surface area contributed by atoms with Crippen LogP contribution in [0.5, 0.6) is 0 Å². The Bertz CT molecular complexity index is 303. The minimum Gasteiger partial charge on any atom is -0.380 e. The molecule has 1 fully saturated rings. The van der Waals surface area contributed by atoms with Crippen molar-refractivity contribution in [1.29, 1.82) is 0 Å². The van der Waals surface area contributed by atoms with Gasteiger partial charge in [0.15, 0.2) is 0 Å². The highest BCUT2D eigenvalue weighted by Gasteiger charge is 2.21. The normalized spacial score (nSPS) is 17.8. The number of H-pyrrole nitrogens is 1. The lowest BCUT2D eigenvalue weighted by Crippen LogP contribution is -2.27. The lowest BCUT2D eigenvalue weighted by molar-refractivity contribution is 0.00648. The molecule has 11 heavy (non-hydrogen) atoms. The van der Waals surface area contributed by atoms with Crippen molar-refractivity contribution in [2.24, 2.45) is 0 Å². The predicted molar refractivity (Wildman–Crippen MR) is 38.4 cm³/mol. The summed E-state index contributed by atoms with van der Waals surface area (Å²) in [4.78, 5) is 17.3. The Morgan fingerprint density at radius 1 is 1.55 bits per heavy atom. The number of aromatic amines is 1. The summed E-state index contributed by atoms with van der Waals surface area (Å²) in [5.74, 6) is 0.344. The molecule has 1 aliphatic heterocycles. The van der Waals surface area contributed by atoms with Crippen LogP contribution in [0.2, 0.25) is 0 Å². The summed E-state index contributed by atoms with van der Waals surface area (Å²) < 4.78 is 4.98. The van der Waals surface area contributed by atoms with Crippen molar-refractivity contribution in [2.75, 3.05) is 13.2 Å². The molecular weight excluding hydrogens is 144 g/mol. The quantitative estimate of drug-likeness (QED) is 0.610. The van der Waals surface area contributed by atoms with Crippen LogP contribution in [-0.2, 0) is 4.74 Å². The van der Waals surface area contributed by atoms with Crippen molar-refractivity contribution in [3.8, 4) is 0 Å². The molecule has 1 aromatic heterocycles. The highest BCUT2D eigenvalue weighted by atomic mass is 16.5. The van der Waals surface area contributed by atoms with Crippen LogP contribution in [0, 0.1) is 0 Å². The fraction of sp³-hybridized carbons (Fsp3) is 0.429. The van der Waals surface area contributed by atoms with Gasteiger partial charge in [0.25, 0.3) is 5.56 Å². The average molecular weight is 152 g/mol. The van der Waals surface area contributed by atoms with E-state index in [-0.39, 0.29) is 5.56 Å². The Morgan fingerprint density at radius 2 is 2.36 bits per heavy atom. The largest absolute Gasteiger partial charge is 0.380 e. The SMILES string of the molecule is O=c1cncc(C2COC2)[nH]1. The molecule has 58 valence electrons. The predicted octanol–water partition coefficient (Wildman–Crippen LogP) is -0.116. The molecule has 4 nitrogen and oxygen atoms in total. The summed E-state index contributed by atoms with van der Waals surface area (Å²) in [6.45, 7) is 1.39. The third kappa shape index (κ3) is 1.17. The molecule has 0 atom stereocenters. The number of nitrogens with zero attached hydrogens (tertiary/aromatic N) is 1. The van der Waals surface area contributed by atoms with Crippen LogP contribution in [0.4, 0.5) is 0 Å². The van der Waals surface area contributed by atoms with Crippen LogP contribution in [0.25, 0.3) is 0 Å². The maximum Gasteiger partial charge on any atom is 0.266 e. The minimum absolute atomic E-state index is 0.144. The van der Waals surface area contributed by atoms with Crippen molar-refractivity contribution >= 4 is 0 Å². The van der Waals surface area contributed by atoms with Crippen LogP contribution >= 0.6 is 0 Å². The molecule has 0 bridgehead atoms. The van der Waals surface area contributed by atoms with E-state index in [0.29, 0.717) is 19.1 Å². The third-order valence-corrected chi connectivity index (χ3v) is 1.75. The number of rotatable bonds is 1. The van der Waals surface area contributed by atoms with E-state index in [1.807, 2.05) is 0 Å². The number of ether oxygens (including phenoxy) is 1. The summed E-state index contributed by atoms with van der Waals surface area (Å²) in [7, 11) is 0. The van der Waals surface area contributed by atoms with Crippen LogP contribution in [0.15, 0.2) is 17.2 Å². The van der Waals surface area contributed by atoms with Gasteiger partial charge in [-0.3, -0.25) is 9.78 Å². The first-order valence-electron chi connectivity index (χ1n) is 3.48. The molecule has 2 rings (SSSR count). The zero-order valence-corrected chi connectivity index (χ0v) is 5.91. The topological polar surface area (TPSA) is 55.0 Å². The second-order valence-electron chi connectivity index (χ2n) is 2.59. The summed E-state index contributed by atoms with van der Waals surface area (Å²) in [6.07, 6.45) is 2.94. The van der Waals surface area contributed by atoms with Crippen LogP contribution in [0.1, 0.15) is 11.6 Å². The van der Waals surface area contributed by atoms with E-state index in [9.17, 15) is 4.79 Å². The fourth-order valence-electron chi connectivity index (χ4n) is 1.01. The van der Waals surface area contributed by atoms with Gasteiger partial charge in [-0.2, -0.15) is 0 Å². The summed E-state index contributed by atoms with van der Waals surface area (Å²) in [5.41, 5.74) is 0.734.